The molecule has 6 heteroatoms. The summed E-state index contributed by atoms with van der Waals surface area (Å²) in [6, 6.07) is 16.2. The van der Waals surface area contributed by atoms with Gasteiger partial charge in [0.15, 0.2) is 0 Å². The highest BCUT2D eigenvalue weighted by atomic mass is 35.6. The molecule has 0 heterocycles. The third-order valence-electron chi connectivity index (χ3n) is 3.28. The van der Waals surface area contributed by atoms with Gasteiger partial charge in [0.1, 0.15) is 0 Å². The Bertz CT molecular complexity index is 791. The van der Waals surface area contributed by atoms with Gasteiger partial charge in [-0.1, -0.05) is 77.6 Å². The molecule has 0 amide bonds. The monoisotopic (exact) mass is 428 g/mol. The first-order chi connectivity index (χ1) is 12.0. The van der Waals surface area contributed by atoms with Crippen LogP contribution >= 0.6 is 46.4 Å². The van der Waals surface area contributed by atoms with Crippen LogP contribution < -0.4 is 0 Å². The maximum absolute atomic E-state index is 8.72. The lowest BCUT2D eigenvalue weighted by Crippen LogP contribution is -1.87. The zero-order valence-corrected chi connectivity index (χ0v) is 18.1. The number of alkyl halides is 4. The summed E-state index contributed by atoms with van der Waals surface area (Å²) in [6.45, 7) is 7.99. The van der Waals surface area contributed by atoms with Crippen LogP contribution in [-0.4, -0.2) is 3.25 Å². The summed E-state index contributed by atoms with van der Waals surface area (Å²) in [7, 11) is 0. The van der Waals surface area contributed by atoms with Gasteiger partial charge in [0.05, 0.1) is 23.3 Å². The molecule has 0 saturated carbocycles. The molecule has 26 heavy (non-hydrogen) atoms. The van der Waals surface area contributed by atoms with Crippen LogP contribution in [0.15, 0.2) is 36.4 Å². The zero-order valence-electron chi connectivity index (χ0n) is 15.1. The maximum Gasteiger partial charge on any atom is 0.266 e. The molecule has 0 spiro atoms. The van der Waals surface area contributed by atoms with Crippen molar-refractivity contribution in [2.45, 2.75) is 37.4 Å². The fraction of sp³-hybridized carbons (Fsp3) is 0.300. The molecule has 0 radical (unpaired) electrons. The minimum Gasteiger partial charge on any atom is -0.192 e. The molecule has 0 aliphatic carbocycles. The molecule has 2 nitrogen and oxygen atoms in total. The van der Waals surface area contributed by atoms with E-state index in [1.165, 1.54) is 0 Å². The van der Waals surface area contributed by atoms with Gasteiger partial charge in [-0.3, -0.25) is 0 Å². The Morgan fingerprint density at radius 1 is 0.808 bits per heavy atom. The fourth-order valence-corrected chi connectivity index (χ4v) is 1.96. The number of halogens is 4. The number of nitrogens with zero attached hydrogens (tertiary/aromatic N) is 2. The summed E-state index contributed by atoms with van der Waals surface area (Å²) in [4.78, 5) is 0. The Morgan fingerprint density at radius 2 is 1.23 bits per heavy atom. The second kappa shape index (κ2) is 12.1. The van der Waals surface area contributed by atoms with Crippen LogP contribution in [0.2, 0.25) is 0 Å². The summed E-state index contributed by atoms with van der Waals surface area (Å²) >= 11 is 19.3. The smallest absolute Gasteiger partial charge is 0.192 e. The molecule has 0 bridgehead atoms. The van der Waals surface area contributed by atoms with E-state index in [-0.39, 0.29) is 0 Å². The normalized spacial score (nSPS) is 9.62. The fourth-order valence-electron chi connectivity index (χ4n) is 1.96. The van der Waals surface area contributed by atoms with E-state index in [1.54, 1.807) is 0 Å². The number of hydrogen-bond donors (Lipinski definition) is 0. The minimum absolute atomic E-state index is 0.778. The van der Waals surface area contributed by atoms with Gasteiger partial charge in [0.2, 0.25) is 0 Å². The van der Waals surface area contributed by atoms with Gasteiger partial charge in [-0.05, 0) is 61.6 Å². The molecular formula is C20H20Cl4N2. The Morgan fingerprint density at radius 3 is 1.62 bits per heavy atom. The predicted molar refractivity (Wildman–Crippen MR) is 112 cm³/mol. The van der Waals surface area contributed by atoms with E-state index in [0.717, 1.165) is 39.8 Å². The van der Waals surface area contributed by atoms with E-state index in [4.69, 9.17) is 56.9 Å². The molecule has 0 fully saturated rings. The first-order valence-corrected chi connectivity index (χ1v) is 9.25. The number of nitriles is 2. The van der Waals surface area contributed by atoms with E-state index < -0.39 is 3.25 Å². The molecule has 2 rings (SSSR count). The molecule has 2 aromatic rings. The minimum atomic E-state index is -1.61. The van der Waals surface area contributed by atoms with Crippen LogP contribution in [0.3, 0.4) is 0 Å². The largest absolute Gasteiger partial charge is 0.266 e. The van der Waals surface area contributed by atoms with Gasteiger partial charge in [-0.15, -0.1) is 0 Å². The van der Waals surface area contributed by atoms with Crippen LogP contribution in [0.5, 0.6) is 0 Å². The first-order valence-electron chi connectivity index (χ1n) is 7.74. The van der Waals surface area contributed by atoms with Crippen LogP contribution in [0, 0.1) is 43.4 Å². The molecule has 0 N–H and O–H groups in total. The highest BCUT2D eigenvalue weighted by Gasteiger charge is 2.11. The lowest BCUT2D eigenvalue weighted by Gasteiger charge is -1.99. The van der Waals surface area contributed by atoms with Crippen molar-refractivity contribution in [3.63, 3.8) is 0 Å². The van der Waals surface area contributed by atoms with Gasteiger partial charge in [-0.2, -0.15) is 10.5 Å². The van der Waals surface area contributed by atoms with E-state index in [2.05, 4.69) is 19.1 Å². The molecule has 0 unspecified atom stereocenters. The molecular weight excluding hydrogens is 410 g/mol. The number of rotatable bonds is 1. The van der Waals surface area contributed by atoms with Crippen molar-refractivity contribution < 1.29 is 0 Å². The highest BCUT2D eigenvalue weighted by Crippen LogP contribution is 2.29. The van der Waals surface area contributed by atoms with Crippen LogP contribution in [0.4, 0.5) is 0 Å². The Balaban J connectivity index is 0.000000387. The van der Waals surface area contributed by atoms with Crippen molar-refractivity contribution in [1.82, 2.24) is 0 Å². The van der Waals surface area contributed by atoms with E-state index >= 15 is 0 Å². The van der Waals surface area contributed by atoms with Gasteiger partial charge in [0.25, 0.3) is 3.25 Å². The number of aryl methyl sites for hydroxylation is 4. The van der Waals surface area contributed by atoms with Gasteiger partial charge in [0, 0.05) is 0 Å². The molecule has 0 saturated heterocycles. The van der Waals surface area contributed by atoms with Gasteiger partial charge >= 0.3 is 0 Å². The second-order valence-electron chi connectivity index (χ2n) is 5.48. The molecule has 0 aliphatic rings. The molecule has 0 aliphatic heterocycles. The highest BCUT2D eigenvalue weighted by molar-refractivity contribution is 6.83. The van der Waals surface area contributed by atoms with Crippen LogP contribution in [0.25, 0.3) is 0 Å². The third kappa shape index (κ3) is 11.2. The maximum atomic E-state index is 8.72. The summed E-state index contributed by atoms with van der Waals surface area (Å²) in [5.74, 6) is 0. The molecule has 138 valence electrons. The van der Waals surface area contributed by atoms with Crippen molar-refractivity contribution in [2.75, 3.05) is 0 Å². The Labute approximate surface area is 175 Å². The lowest BCUT2D eigenvalue weighted by atomic mass is 10.0. The zero-order chi connectivity index (χ0) is 20.3. The van der Waals surface area contributed by atoms with Crippen molar-refractivity contribution in [2.24, 2.45) is 0 Å². The summed E-state index contributed by atoms with van der Waals surface area (Å²) in [5, 5.41) is 17.3. The van der Waals surface area contributed by atoms with Crippen LogP contribution in [0.1, 0.15) is 40.3 Å². The first kappa shape index (κ1) is 24.6. The Kier molecular flexibility index (Phi) is 11.4. The van der Waals surface area contributed by atoms with Crippen molar-refractivity contribution in [1.29, 1.82) is 10.5 Å². The van der Waals surface area contributed by atoms with Crippen LogP contribution in [-0.2, 0) is 6.42 Å². The predicted octanol–water partition coefficient (Wildman–Crippen LogP) is 7.16. The SMILES string of the molecule is CCc1ccc(C)cc1C#N.Cc1ccc(C)c(C#N)c1.ClC(Cl)(Cl)Cl. The molecule has 0 atom stereocenters. The number of hydrogen-bond acceptors (Lipinski definition) is 2. The molecule has 2 aromatic carbocycles. The van der Waals surface area contributed by atoms with Gasteiger partial charge in [-0.25, -0.2) is 0 Å². The summed E-state index contributed by atoms with van der Waals surface area (Å²) in [6.07, 6.45) is 0.934. The number of benzene rings is 2. The van der Waals surface area contributed by atoms with E-state index in [9.17, 15) is 0 Å². The van der Waals surface area contributed by atoms with Crippen molar-refractivity contribution in [3.05, 3.63) is 69.8 Å². The average molecular weight is 430 g/mol. The molecule has 0 aromatic heterocycles. The van der Waals surface area contributed by atoms with E-state index in [1.807, 2.05) is 57.2 Å². The summed E-state index contributed by atoms with van der Waals surface area (Å²) < 4.78 is -1.61. The van der Waals surface area contributed by atoms with Crippen molar-refractivity contribution in [3.8, 4) is 12.1 Å². The van der Waals surface area contributed by atoms with E-state index in [0.29, 0.717) is 0 Å². The summed E-state index contributed by atoms with van der Waals surface area (Å²) in [5.41, 5.74) is 6.07. The quantitative estimate of drug-likeness (QED) is 0.451. The second-order valence-corrected chi connectivity index (χ2v) is 8.91. The third-order valence-corrected chi connectivity index (χ3v) is 3.28. The lowest BCUT2D eigenvalue weighted by molar-refractivity contribution is 1.12. The topological polar surface area (TPSA) is 47.6 Å². The standard InChI is InChI=1S/C10H11N.C9H9N.CCl4/c1-3-9-5-4-8(2)6-10(9)7-11;1-7-3-4-8(2)9(5-7)6-10;2-1(3,4)5/h4-6H,3H2,1-2H3;3-5H,1-2H3;. The average Bonchev–Trinajstić information content (AvgIpc) is 2.56. The Hall–Kier alpha value is -1.42. The van der Waals surface area contributed by atoms with Crippen molar-refractivity contribution >= 4 is 46.4 Å². The van der Waals surface area contributed by atoms with Gasteiger partial charge < -0.3 is 0 Å².